The van der Waals surface area contributed by atoms with E-state index in [0.717, 1.165) is 0 Å². The highest BCUT2D eigenvalue weighted by molar-refractivity contribution is 6.42. The molecule has 102 valence electrons. The first-order valence-electron chi connectivity index (χ1n) is 5.55. The van der Waals surface area contributed by atoms with Gasteiger partial charge in [0.2, 0.25) is 0 Å². The van der Waals surface area contributed by atoms with Crippen molar-refractivity contribution in [2.45, 2.75) is 6.42 Å². The average molecular weight is 309 g/mol. The van der Waals surface area contributed by atoms with E-state index in [4.69, 9.17) is 33.7 Å². The molecule has 7 heteroatoms. The summed E-state index contributed by atoms with van der Waals surface area (Å²) in [5.41, 5.74) is 0.330. The summed E-state index contributed by atoms with van der Waals surface area (Å²) in [7, 11) is 0. The molecule has 1 rings (SSSR count). The average Bonchev–Trinajstić information content (AvgIpc) is 2.43. The number of halogens is 2. The Morgan fingerprint density at radius 3 is 2.65 bits per heavy atom. The third-order valence-corrected chi connectivity index (χ3v) is 2.91. The Labute approximate surface area is 126 Å². The van der Waals surface area contributed by atoms with Crippen molar-refractivity contribution in [3.63, 3.8) is 0 Å². The van der Waals surface area contributed by atoms with E-state index in [1.165, 1.54) is 12.3 Å². The van der Waals surface area contributed by atoms with Crippen molar-refractivity contribution in [1.82, 2.24) is 5.32 Å². The molecule has 0 fully saturated rings. The molecule has 20 heavy (non-hydrogen) atoms. The van der Waals surface area contributed by atoms with Crippen molar-refractivity contribution in [1.29, 1.82) is 10.5 Å². The molecule has 2 N–H and O–H groups in total. The smallest absolute Gasteiger partial charge is 0.267 e. The van der Waals surface area contributed by atoms with Gasteiger partial charge in [-0.1, -0.05) is 23.2 Å². The zero-order chi connectivity index (χ0) is 15.0. The Kier molecular flexibility index (Phi) is 6.39. The van der Waals surface area contributed by atoms with Gasteiger partial charge in [-0.3, -0.25) is 4.79 Å². The normalized spacial score (nSPS) is 10.3. The third-order valence-electron chi connectivity index (χ3n) is 2.17. The van der Waals surface area contributed by atoms with Gasteiger partial charge >= 0.3 is 0 Å². The van der Waals surface area contributed by atoms with E-state index < -0.39 is 5.91 Å². The van der Waals surface area contributed by atoms with Crippen molar-refractivity contribution >= 4 is 34.8 Å². The SMILES string of the molecule is N#CCCN/C=C(/C#N)C(=O)Nc1ccc(Cl)c(Cl)c1. The number of nitrogens with one attached hydrogen (secondary N) is 2. The Hall–Kier alpha value is -2.21. The number of nitriles is 2. The van der Waals surface area contributed by atoms with Crippen molar-refractivity contribution in [3.05, 3.63) is 40.0 Å². The molecule has 0 aromatic heterocycles. The standard InChI is InChI=1S/C13H10Cl2N4O/c14-11-3-2-10(6-12(11)15)19-13(20)9(7-17)8-18-5-1-4-16/h2-3,6,8,18H,1,5H2,(H,19,20)/b9-8-. The van der Waals surface area contributed by atoms with E-state index in [1.807, 2.05) is 6.07 Å². The summed E-state index contributed by atoms with van der Waals surface area (Å²) in [4.78, 5) is 11.8. The molecule has 0 saturated heterocycles. The summed E-state index contributed by atoms with van der Waals surface area (Å²) in [6, 6.07) is 8.31. The minimum atomic E-state index is -0.574. The van der Waals surface area contributed by atoms with Crippen LogP contribution in [0.3, 0.4) is 0 Å². The van der Waals surface area contributed by atoms with Gasteiger partial charge in [-0.25, -0.2) is 0 Å². The topological polar surface area (TPSA) is 88.7 Å². The van der Waals surface area contributed by atoms with Gasteiger partial charge in [0, 0.05) is 18.4 Å². The molecule has 0 unspecified atom stereocenters. The predicted molar refractivity (Wildman–Crippen MR) is 77.0 cm³/mol. The van der Waals surface area contributed by atoms with Crippen molar-refractivity contribution in [2.75, 3.05) is 11.9 Å². The van der Waals surface area contributed by atoms with Gasteiger partial charge in [-0.05, 0) is 18.2 Å². The molecule has 0 heterocycles. The molecule has 0 aliphatic rings. The Bertz CT molecular complexity index is 614. The van der Waals surface area contributed by atoms with E-state index >= 15 is 0 Å². The highest BCUT2D eigenvalue weighted by atomic mass is 35.5. The highest BCUT2D eigenvalue weighted by Gasteiger charge is 2.09. The van der Waals surface area contributed by atoms with E-state index in [1.54, 1.807) is 18.2 Å². The van der Waals surface area contributed by atoms with Gasteiger partial charge in [0.25, 0.3) is 5.91 Å². The quantitative estimate of drug-likeness (QED) is 0.497. The Balaban J connectivity index is 2.70. The molecule has 0 bridgehead atoms. The molecular formula is C13H10Cl2N4O. The van der Waals surface area contributed by atoms with E-state index in [9.17, 15) is 4.79 Å². The lowest BCUT2D eigenvalue weighted by molar-refractivity contribution is -0.112. The largest absolute Gasteiger partial charge is 0.389 e. The number of hydrogen-bond acceptors (Lipinski definition) is 4. The maximum absolute atomic E-state index is 11.8. The molecule has 0 spiro atoms. The lowest BCUT2D eigenvalue weighted by Gasteiger charge is -2.05. The molecule has 1 aromatic carbocycles. The molecule has 1 amide bonds. The monoisotopic (exact) mass is 308 g/mol. The molecule has 0 aliphatic heterocycles. The summed E-state index contributed by atoms with van der Waals surface area (Å²) < 4.78 is 0. The number of nitrogens with zero attached hydrogens (tertiary/aromatic N) is 2. The fourth-order valence-electron chi connectivity index (χ4n) is 1.22. The van der Waals surface area contributed by atoms with Gasteiger partial charge in [0.05, 0.1) is 22.5 Å². The second-order valence-corrected chi connectivity index (χ2v) is 4.43. The Morgan fingerprint density at radius 2 is 2.05 bits per heavy atom. The van der Waals surface area contributed by atoms with Crippen LogP contribution in [0.25, 0.3) is 0 Å². The van der Waals surface area contributed by atoms with Crippen LogP contribution in [0.15, 0.2) is 30.0 Å². The molecule has 5 nitrogen and oxygen atoms in total. The number of hydrogen-bond donors (Lipinski definition) is 2. The van der Waals surface area contributed by atoms with E-state index in [-0.39, 0.29) is 12.0 Å². The van der Waals surface area contributed by atoms with Crippen LogP contribution in [0.5, 0.6) is 0 Å². The molecule has 0 saturated carbocycles. The lowest BCUT2D eigenvalue weighted by atomic mass is 10.2. The zero-order valence-corrected chi connectivity index (χ0v) is 11.8. The van der Waals surface area contributed by atoms with E-state index in [2.05, 4.69) is 10.6 Å². The molecule has 0 atom stereocenters. The minimum absolute atomic E-state index is 0.103. The molecular weight excluding hydrogens is 299 g/mol. The van der Waals surface area contributed by atoms with Crippen LogP contribution in [0, 0.1) is 22.7 Å². The van der Waals surface area contributed by atoms with Gasteiger partial charge in [0.1, 0.15) is 11.6 Å². The minimum Gasteiger partial charge on any atom is -0.389 e. The summed E-state index contributed by atoms with van der Waals surface area (Å²) in [5, 5.41) is 23.2. The van der Waals surface area contributed by atoms with Crippen molar-refractivity contribution < 1.29 is 4.79 Å². The lowest BCUT2D eigenvalue weighted by Crippen LogP contribution is -2.17. The van der Waals surface area contributed by atoms with Gasteiger partial charge < -0.3 is 10.6 Å². The fraction of sp³-hybridized carbons (Fsp3) is 0.154. The molecule has 1 aromatic rings. The number of carbonyl (C=O) groups is 1. The number of rotatable bonds is 5. The summed E-state index contributed by atoms with van der Waals surface area (Å²) in [5.74, 6) is -0.574. The number of benzene rings is 1. The van der Waals surface area contributed by atoms with Gasteiger partial charge in [-0.15, -0.1) is 0 Å². The fourth-order valence-corrected chi connectivity index (χ4v) is 1.52. The van der Waals surface area contributed by atoms with Crippen LogP contribution >= 0.6 is 23.2 Å². The zero-order valence-electron chi connectivity index (χ0n) is 10.3. The maximum Gasteiger partial charge on any atom is 0.267 e. The number of amides is 1. The summed E-state index contributed by atoms with van der Waals surface area (Å²) in [6.07, 6.45) is 1.55. The number of carbonyl (C=O) groups excluding carboxylic acids is 1. The predicted octanol–water partition coefficient (Wildman–Crippen LogP) is 2.84. The van der Waals surface area contributed by atoms with Crippen LogP contribution in [-0.4, -0.2) is 12.5 Å². The van der Waals surface area contributed by atoms with Crippen molar-refractivity contribution in [2.24, 2.45) is 0 Å². The summed E-state index contributed by atoms with van der Waals surface area (Å²) in [6.45, 7) is 0.363. The first-order chi connectivity index (χ1) is 9.58. The van der Waals surface area contributed by atoms with Crippen LogP contribution in [-0.2, 0) is 4.79 Å². The van der Waals surface area contributed by atoms with Crippen LogP contribution < -0.4 is 10.6 Å². The number of anilines is 1. The van der Waals surface area contributed by atoms with Crippen molar-refractivity contribution in [3.8, 4) is 12.1 Å². The summed E-state index contributed by atoms with van der Waals surface area (Å²) >= 11 is 11.6. The maximum atomic E-state index is 11.8. The Morgan fingerprint density at radius 1 is 1.30 bits per heavy atom. The first-order valence-corrected chi connectivity index (χ1v) is 6.31. The molecule has 0 aliphatic carbocycles. The first kappa shape index (κ1) is 15.8. The van der Waals surface area contributed by atoms with Crippen LogP contribution in [0.2, 0.25) is 10.0 Å². The van der Waals surface area contributed by atoms with Crippen LogP contribution in [0.1, 0.15) is 6.42 Å². The second-order valence-electron chi connectivity index (χ2n) is 3.62. The van der Waals surface area contributed by atoms with Gasteiger partial charge in [-0.2, -0.15) is 10.5 Å². The second kappa shape index (κ2) is 8.06. The van der Waals surface area contributed by atoms with Crippen LogP contribution in [0.4, 0.5) is 5.69 Å². The highest BCUT2D eigenvalue weighted by Crippen LogP contribution is 2.25. The van der Waals surface area contributed by atoms with Gasteiger partial charge in [0.15, 0.2) is 0 Å². The third kappa shape index (κ3) is 4.81. The van der Waals surface area contributed by atoms with E-state index in [0.29, 0.717) is 22.3 Å². The molecule has 0 radical (unpaired) electrons.